The van der Waals surface area contributed by atoms with Gasteiger partial charge in [0.25, 0.3) is 0 Å². The van der Waals surface area contributed by atoms with Gasteiger partial charge in [0.15, 0.2) is 0 Å². The molecule has 2 aromatic rings. The van der Waals surface area contributed by atoms with E-state index in [0.717, 1.165) is 28.1 Å². The third-order valence-corrected chi connectivity index (χ3v) is 4.42. The van der Waals surface area contributed by atoms with Gasteiger partial charge in [-0.2, -0.15) is 0 Å². The van der Waals surface area contributed by atoms with Crippen LogP contribution in [0.3, 0.4) is 0 Å². The molecule has 2 aromatic carbocycles. The Hall–Kier alpha value is -2.82. The highest BCUT2D eigenvalue weighted by Crippen LogP contribution is 2.24. The number of carbonyl (C=O) groups is 2. The first-order chi connectivity index (χ1) is 11.9. The van der Waals surface area contributed by atoms with E-state index in [0.29, 0.717) is 13.0 Å². The Labute approximate surface area is 148 Å². The summed E-state index contributed by atoms with van der Waals surface area (Å²) in [5, 5.41) is 5.60. The molecule has 1 atom stereocenters. The summed E-state index contributed by atoms with van der Waals surface area (Å²) in [7, 11) is 0. The van der Waals surface area contributed by atoms with Gasteiger partial charge in [-0.3, -0.25) is 4.79 Å². The van der Waals surface area contributed by atoms with Crippen molar-refractivity contribution in [2.24, 2.45) is 0 Å². The van der Waals surface area contributed by atoms with Crippen LogP contribution in [0.2, 0.25) is 0 Å². The number of nitrogens with one attached hydrogen (secondary N) is 2. The summed E-state index contributed by atoms with van der Waals surface area (Å²) in [6.45, 7) is 6.57. The lowest BCUT2D eigenvalue weighted by atomic mass is 10.1. The fourth-order valence-electron chi connectivity index (χ4n) is 3.21. The second-order valence-electron chi connectivity index (χ2n) is 6.59. The lowest BCUT2D eigenvalue weighted by molar-refractivity contribution is -0.118. The molecular formula is C20H23N3O2. The second kappa shape index (κ2) is 6.97. The summed E-state index contributed by atoms with van der Waals surface area (Å²) < 4.78 is 0. The molecule has 0 radical (unpaired) electrons. The molecule has 25 heavy (non-hydrogen) atoms. The van der Waals surface area contributed by atoms with Crippen LogP contribution in [-0.2, 0) is 4.79 Å². The van der Waals surface area contributed by atoms with Crippen LogP contribution in [0.25, 0.3) is 0 Å². The highest BCUT2D eigenvalue weighted by atomic mass is 16.2. The topological polar surface area (TPSA) is 61.4 Å². The Kier molecular flexibility index (Phi) is 4.74. The zero-order valence-electron chi connectivity index (χ0n) is 14.8. The molecule has 1 aliphatic rings. The van der Waals surface area contributed by atoms with Gasteiger partial charge in [-0.15, -0.1) is 0 Å². The van der Waals surface area contributed by atoms with Crippen LogP contribution in [0.1, 0.15) is 23.1 Å². The third-order valence-electron chi connectivity index (χ3n) is 4.42. The number of para-hydroxylation sites is 1. The van der Waals surface area contributed by atoms with Crippen molar-refractivity contribution in [1.82, 2.24) is 5.32 Å². The quantitative estimate of drug-likeness (QED) is 0.900. The number of carbonyl (C=O) groups excluding carboxylic acids is 2. The summed E-state index contributed by atoms with van der Waals surface area (Å²) in [6, 6.07) is 12.8. The molecule has 1 saturated heterocycles. The SMILES string of the molecule is Cc1cc(C)cc(N2CC[C@@H](NC(=O)Nc3ccccc3C)C2=O)c1. The van der Waals surface area contributed by atoms with E-state index in [-0.39, 0.29) is 11.9 Å². The van der Waals surface area contributed by atoms with Crippen LogP contribution in [0.5, 0.6) is 0 Å². The number of urea groups is 1. The van der Waals surface area contributed by atoms with Gasteiger partial charge in [0.1, 0.15) is 6.04 Å². The first-order valence-electron chi connectivity index (χ1n) is 8.47. The van der Waals surface area contributed by atoms with E-state index >= 15 is 0 Å². The van der Waals surface area contributed by atoms with Gasteiger partial charge in [0.05, 0.1) is 0 Å². The zero-order chi connectivity index (χ0) is 18.0. The van der Waals surface area contributed by atoms with Crippen molar-refractivity contribution in [3.05, 3.63) is 59.2 Å². The smallest absolute Gasteiger partial charge is 0.319 e. The van der Waals surface area contributed by atoms with Crippen molar-refractivity contribution >= 4 is 23.3 Å². The van der Waals surface area contributed by atoms with Crippen molar-refractivity contribution in [3.8, 4) is 0 Å². The molecular weight excluding hydrogens is 314 g/mol. The monoisotopic (exact) mass is 337 g/mol. The van der Waals surface area contributed by atoms with Crippen LogP contribution in [0.15, 0.2) is 42.5 Å². The Morgan fingerprint density at radius 2 is 1.76 bits per heavy atom. The van der Waals surface area contributed by atoms with Gasteiger partial charge < -0.3 is 15.5 Å². The van der Waals surface area contributed by atoms with Crippen LogP contribution >= 0.6 is 0 Å². The number of amides is 3. The predicted octanol–water partition coefficient (Wildman–Crippen LogP) is 3.54. The molecule has 0 aromatic heterocycles. The number of aryl methyl sites for hydroxylation is 3. The Balaban J connectivity index is 1.66. The summed E-state index contributed by atoms with van der Waals surface area (Å²) in [5.41, 5.74) is 4.86. The van der Waals surface area contributed by atoms with Crippen LogP contribution in [0.4, 0.5) is 16.2 Å². The number of anilines is 2. The van der Waals surface area contributed by atoms with Gasteiger partial charge >= 0.3 is 6.03 Å². The van der Waals surface area contributed by atoms with Crippen molar-refractivity contribution in [3.63, 3.8) is 0 Å². The molecule has 0 unspecified atom stereocenters. The highest BCUT2D eigenvalue weighted by Gasteiger charge is 2.33. The molecule has 1 fully saturated rings. The molecule has 1 heterocycles. The van der Waals surface area contributed by atoms with Crippen LogP contribution < -0.4 is 15.5 Å². The minimum Gasteiger partial charge on any atom is -0.326 e. The maximum atomic E-state index is 12.7. The Bertz CT molecular complexity index is 796. The molecule has 0 bridgehead atoms. The van der Waals surface area contributed by atoms with E-state index in [1.807, 2.05) is 57.2 Å². The van der Waals surface area contributed by atoms with Gasteiger partial charge in [-0.05, 0) is 62.1 Å². The minimum absolute atomic E-state index is 0.0649. The van der Waals surface area contributed by atoms with Gasteiger partial charge in [-0.25, -0.2) is 4.79 Å². The van der Waals surface area contributed by atoms with Gasteiger partial charge in [0.2, 0.25) is 5.91 Å². The van der Waals surface area contributed by atoms with E-state index in [9.17, 15) is 9.59 Å². The fraction of sp³-hybridized carbons (Fsp3) is 0.300. The van der Waals surface area contributed by atoms with Crippen molar-refractivity contribution in [2.75, 3.05) is 16.8 Å². The highest BCUT2D eigenvalue weighted by molar-refractivity contribution is 6.02. The van der Waals surface area contributed by atoms with Gasteiger partial charge in [0, 0.05) is 17.9 Å². The first-order valence-corrected chi connectivity index (χ1v) is 8.47. The van der Waals surface area contributed by atoms with E-state index in [1.165, 1.54) is 0 Å². The maximum Gasteiger partial charge on any atom is 0.319 e. The number of nitrogens with zero attached hydrogens (tertiary/aromatic N) is 1. The van der Waals surface area contributed by atoms with Crippen LogP contribution in [0, 0.1) is 20.8 Å². The largest absolute Gasteiger partial charge is 0.326 e. The molecule has 0 saturated carbocycles. The molecule has 5 nitrogen and oxygen atoms in total. The fourth-order valence-corrected chi connectivity index (χ4v) is 3.21. The van der Waals surface area contributed by atoms with E-state index < -0.39 is 6.04 Å². The summed E-state index contributed by atoms with van der Waals surface area (Å²) in [4.78, 5) is 26.6. The van der Waals surface area contributed by atoms with E-state index in [4.69, 9.17) is 0 Å². The van der Waals surface area contributed by atoms with E-state index in [1.54, 1.807) is 4.90 Å². The molecule has 3 rings (SSSR count). The first kappa shape index (κ1) is 17.0. The summed E-state index contributed by atoms with van der Waals surface area (Å²) in [5.74, 6) is -0.0649. The minimum atomic E-state index is -0.496. The van der Waals surface area contributed by atoms with E-state index in [2.05, 4.69) is 16.7 Å². The zero-order valence-corrected chi connectivity index (χ0v) is 14.8. The van der Waals surface area contributed by atoms with Crippen LogP contribution in [-0.4, -0.2) is 24.5 Å². The standard InChI is InChI=1S/C20H23N3O2/c1-13-10-14(2)12-16(11-13)23-9-8-18(19(23)24)22-20(25)21-17-7-5-4-6-15(17)3/h4-7,10-12,18H,8-9H2,1-3H3,(H2,21,22,25)/t18-/m1/s1. The number of rotatable bonds is 3. The molecule has 0 aliphatic carbocycles. The summed E-state index contributed by atoms with van der Waals surface area (Å²) >= 11 is 0. The third kappa shape index (κ3) is 3.82. The molecule has 5 heteroatoms. The number of hydrogen-bond donors (Lipinski definition) is 2. The lowest BCUT2D eigenvalue weighted by Crippen LogP contribution is -2.43. The summed E-state index contributed by atoms with van der Waals surface area (Å²) in [6.07, 6.45) is 0.604. The maximum absolute atomic E-state index is 12.7. The Morgan fingerprint density at radius 3 is 2.44 bits per heavy atom. The lowest BCUT2D eigenvalue weighted by Gasteiger charge is -2.19. The van der Waals surface area contributed by atoms with Crippen molar-refractivity contribution in [2.45, 2.75) is 33.2 Å². The molecule has 3 amide bonds. The average molecular weight is 337 g/mol. The predicted molar refractivity (Wildman–Crippen MR) is 100 cm³/mol. The molecule has 0 spiro atoms. The average Bonchev–Trinajstić information content (AvgIpc) is 2.89. The normalized spacial score (nSPS) is 16.8. The molecule has 130 valence electrons. The molecule has 1 aliphatic heterocycles. The number of hydrogen-bond acceptors (Lipinski definition) is 2. The molecule has 2 N–H and O–H groups in total. The van der Waals surface area contributed by atoms with Crippen molar-refractivity contribution in [1.29, 1.82) is 0 Å². The van der Waals surface area contributed by atoms with Crippen molar-refractivity contribution < 1.29 is 9.59 Å². The second-order valence-corrected chi connectivity index (χ2v) is 6.59. The Morgan fingerprint density at radius 1 is 1.08 bits per heavy atom. The van der Waals surface area contributed by atoms with Gasteiger partial charge in [-0.1, -0.05) is 24.3 Å². The number of benzene rings is 2.